The van der Waals surface area contributed by atoms with Crippen LogP contribution in [0.4, 0.5) is 0 Å². The van der Waals surface area contributed by atoms with Crippen molar-refractivity contribution in [3.63, 3.8) is 0 Å². The minimum atomic E-state index is -0.0439. The summed E-state index contributed by atoms with van der Waals surface area (Å²) in [6.45, 7) is 2.15. The van der Waals surface area contributed by atoms with Gasteiger partial charge in [0.2, 0.25) is 5.43 Å². The SMILES string of the molecule is Cc1oc2cc(OCc3ccccc3Cl)ccc2c(=O)c1-c1ccccc1. The van der Waals surface area contributed by atoms with Crippen LogP contribution in [0.1, 0.15) is 11.3 Å². The summed E-state index contributed by atoms with van der Waals surface area (Å²) in [4.78, 5) is 13.0. The Kier molecular flexibility index (Phi) is 4.69. The van der Waals surface area contributed by atoms with E-state index in [2.05, 4.69) is 0 Å². The molecule has 27 heavy (non-hydrogen) atoms. The molecule has 0 aliphatic carbocycles. The first-order chi connectivity index (χ1) is 13.1. The molecule has 1 aromatic heterocycles. The van der Waals surface area contributed by atoms with Crippen LogP contribution in [0.15, 0.2) is 82.0 Å². The highest BCUT2D eigenvalue weighted by Gasteiger charge is 2.14. The Bertz CT molecular complexity index is 1160. The number of benzene rings is 3. The maximum atomic E-state index is 13.0. The fourth-order valence-electron chi connectivity index (χ4n) is 3.09. The Morgan fingerprint density at radius 1 is 0.963 bits per heavy atom. The van der Waals surface area contributed by atoms with Crippen molar-refractivity contribution >= 4 is 22.6 Å². The summed E-state index contributed by atoms with van der Waals surface area (Å²) in [5.74, 6) is 1.21. The quantitative estimate of drug-likeness (QED) is 0.438. The molecule has 1 heterocycles. The van der Waals surface area contributed by atoms with Crippen LogP contribution in [-0.4, -0.2) is 0 Å². The Morgan fingerprint density at radius 2 is 1.70 bits per heavy atom. The summed E-state index contributed by atoms with van der Waals surface area (Å²) in [6.07, 6.45) is 0. The molecule has 4 aromatic rings. The first-order valence-electron chi connectivity index (χ1n) is 8.62. The standard InChI is InChI=1S/C23H17ClO3/c1-15-22(16-7-3-2-4-8-16)23(25)19-12-11-18(13-21(19)27-15)26-14-17-9-5-6-10-20(17)24/h2-13H,14H2,1H3. The Morgan fingerprint density at radius 3 is 2.48 bits per heavy atom. The highest BCUT2D eigenvalue weighted by molar-refractivity contribution is 6.31. The topological polar surface area (TPSA) is 39.4 Å². The van der Waals surface area contributed by atoms with Gasteiger partial charge >= 0.3 is 0 Å². The van der Waals surface area contributed by atoms with Gasteiger partial charge in [0.1, 0.15) is 23.7 Å². The molecule has 0 radical (unpaired) electrons. The molecule has 0 aliphatic rings. The molecule has 0 aliphatic heterocycles. The number of ether oxygens (including phenoxy) is 1. The van der Waals surface area contributed by atoms with Gasteiger partial charge in [-0.05, 0) is 30.7 Å². The average Bonchev–Trinajstić information content (AvgIpc) is 2.68. The summed E-state index contributed by atoms with van der Waals surface area (Å²) in [5.41, 5.74) is 2.81. The monoisotopic (exact) mass is 376 g/mol. The summed E-state index contributed by atoms with van der Waals surface area (Å²) in [6, 6.07) is 22.4. The molecule has 0 N–H and O–H groups in total. The van der Waals surface area contributed by atoms with Crippen LogP contribution in [0.25, 0.3) is 22.1 Å². The van der Waals surface area contributed by atoms with Gasteiger partial charge < -0.3 is 9.15 Å². The van der Waals surface area contributed by atoms with Gasteiger partial charge in [-0.2, -0.15) is 0 Å². The van der Waals surface area contributed by atoms with E-state index < -0.39 is 0 Å². The highest BCUT2D eigenvalue weighted by atomic mass is 35.5. The second-order valence-corrected chi connectivity index (χ2v) is 6.67. The molecule has 0 fully saturated rings. The Hall–Kier alpha value is -3.04. The van der Waals surface area contributed by atoms with E-state index in [0.717, 1.165) is 11.1 Å². The fourth-order valence-corrected chi connectivity index (χ4v) is 3.28. The van der Waals surface area contributed by atoms with E-state index in [1.54, 1.807) is 25.1 Å². The van der Waals surface area contributed by atoms with Gasteiger partial charge in [-0.15, -0.1) is 0 Å². The van der Waals surface area contributed by atoms with Crippen LogP contribution in [0.5, 0.6) is 5.75 Å². The largest absolute Gasteiger partial charge is 0.489 e. The van der Waals surface area contributed by atoms with Crippen molar-refractivity contribution in [1.29, 1.82) is 0 Å². The predicted octanol–water partition coefficient (Wildman–Crippen LogP) is 6.00. The summed E-state index contributed by atoms with van der Waals surface area (Å²) in [7, 11) is 0. The molecule has 0 amide bonds. The minimum Gasteiger partial charge on any atom is -0.489 e. The highest BCUT2D eigenvalue weighted by Crippen LogP contribution is 2.27. The second-order valence-electron chi connectivity index (χ2n) is 6.27. The summed E-state index contributed by atoms with van der Waals surface area (Å²) >= 11 is 6.16. The van der Waals surface area contributed by atoms with E-state index in [1.807, 2.05) is 54.6 Å². The summed E-state index contributed by atoms with van der Waals surface area (Å²) in [5, 5.41) is 1.19. The van der Waals surface area contributed by atoms with Crippen LogP contribution < -0.4 is 10.2 Å². The van der Waals surface area contributed by atoms with Crippen molar-refractivity contribution in [3.05, 3.63) is 99.4 Å². The van der Waals surface area contributed by atoms with Crippen LogP contribution in [0.3, 0.4) is 0 Å². The van der Waals surface area contributed by atoms with Crippen molar-refractivity contribution in [2.24, 2.45) is 0 Å². The number of aryl methyl sites for hydroxylation is 1. The molecule has 4 rings (SSSR count). The molecule has 0 unspecified atom stereocenters. The van der Waals surface area contributed by atoms with E-state index in [-0.39, 0.29) is 5.43 Å². The number of halogens is 1. The molecule has 0 bridgehead atoms. The lowest BCUT2D eigenvalue weighted by molar-refractivity contribution is 0.306. The molecular formula is C23H17ClO3. The van der Waals surface area contributed by atoms with Crippen molar-refractivity contribution in [2.45, 2.75) is 13.5 Å². The van der Waals surface area contributed by atoms with E-state index in [1.165, 1.54) is 0 Å². The third-order valence-electron chi connectivity index (χ3n) is 4.45. The molecule has 0 saturated carbocycles. The van der Waals surface area contributed by atoms with Crippen LogP contribution in [-0.2, 0) is 6.61 Å². The maximum absolute atomic E-state index is 13.0. The van der Waals surface area contributed by atoms with E-state index in [4.69, 9.17) is 20.8 Å². The smallest absolute Gasteiger partial charge is 0.200 e. The molecule has 4 heteroatoms. The zero-order valence-corrected chi connectivity index (χ0v) is 15.5. The fraction of sp³-hybridized carbons (Fsp3) is 0.0870. The second kappa shape index (κ2) is 7.29. The van der Waals surface area contributed by atoms with Gasteiger partial charge in [-0.3, -0.25) is 4.79 Å². The van der Waals surface area contributed by atoms with Gasteiger partial charge in [-0.25, -0.2) is 0 Å². The zero-order valence-electron chi connectivity index (χ0n) is 14.7. The third kappa shape index (κ3) is 3.46. The third-order valence-corrected chi connectivity index (χ3v) is 4.82. The molecule has 3 aromatic carbocycles. The van der Waals surface area contributed by atoms with E-state index in [9.17, 15) is 4.79 Å². The van der Waals surface area contributed by atoms with Crippen molar-refractivity contribution < 1.29 is 9.15 Å². The van der Waals surface area contributed by atoms with Crippen molar-refractivity contribution in [2.75, 3.05) is 0 Å². The summed E-state index contributed by atoms with van der Waals surface area (Å²) < 4.78 is 11.8. The normalized spacial score (nSPS) is 10.9. The first-order valence-corrected chi connectivity index (χ1v) is 9.00. The molecule has 134 valence electrons. The zero-order chi connectivity index (χ0) is 18.8. The first kappa shape index (κ1) is 17.4. The average molecular weight is 377 g/mol. The van der Waals surface area contributed by atoms with Gasteiger partial charge in [0.25, 0.3) is 0 Å². The maximum Gasteiger partial charge on any atom is 0.200 e. The van der Waals surface area contributed by atoms with Crippen molar-refractivity contribution in [1.82, 2.24) is 0 Å². The molecule has 0 saturated heterocycles. The van der Waals surface area contributed by atoms with Gasteiger partial charge in [0.15, 0.2) is 0 Å². The molecule has 0 atom stereocenters. The number of hydrogen-bond donors (Lipinski definition) is 0. The van der Waals surface area contributed by atoms with Gasteiger partial charge in [-0.1, -0.05) is 60.1 Å². The van der Waals surface area contributed by atoms with Crippen molar-refractivity contribution in [3.8, 4) is 16.9 Å². The number of hydrogen-bond acceptors (Lipinski definition) is 3. The predicted molar refractivity (Wildman–Crippen MR) is 108 cm³/mol. The van der Waals surface area contributed by atoms with Gasteiger partial charge in [0, 0.05) is 16.7 Å². The van der Waals surface area contributed by atoms with Crippen LogP contribution in [0, 0.1) is 6.92 Å². The molecule has 3 nitrogen and oxygen atoms in total. The van der Waals surface area contributed by atoms with Crippen LogP contribution >= 0.6 is 11.6 Å². The Balaban J connectivity index is 1.70. The lowest BCUT2D eigenvalue weighted by Crippen LogP contribution is -2.07. The molecule has 0 spiro atoms. The van der Waals surface area contributed by atoms with E-state index in [0.29, 0.717) is 39.7 Å². The lowest BCUT2D eigenvalue weighted by Gasteiger charge is -2.10. The lowest BCUT2D eigenvalue weighted by atomic mass is 10.0. The van der Waals surface area contributed by atoms with Gasteiger partial charge in [0.05, 0.1) is 10.9 Å². The Labute approximate surface area is 161 Å². The molecular weight excluding hydrogens is 360 g/mol. The number of fused-ring (bicyclic) bond motifs is 1. The van der Waals surface area contributed by atoms with Crippen LogP contribution in [0.2, 0.25) is 5.02 Å². The van der Waals surface area contributed by atoms with E-state index >= 15 is 0 Å². The minimum absolute atomic E-state index is 0.0439. The number of rotatable bonds is 4.